The van der Waals surface area contributed by atoms with E-state index >= 15 is 0 Å². The maximum absolute atomic E-state index is 12.6. The number of carbonyl (C=O) groups excluding carboxylic acids is 1. The van der Waals surface area contributed by atoms with E-state index in [0.717, 1.165) is 22.3 Å². The van der Waals surface area contributed by atoms with Gasteiger partial charge in [0.15, 0.2) is 5.78 Å². The SMILES string of the molecule is C=C(C)/C1=C/C(=O)c2ccccc2/C=C\C1c1ccccc1. The van der Waals surface area contributed by atoms with Crippen LogP contribution in [0.1, 0.15) is 34.3 Å². The maximum atomic E-state index is 12.6. The molecule has 108 valence electrons. The minimum Gasteiger partial charge on any atom is -0.289 e. The summed E-state index contributed by atoms with van der Waals surface area (Å²) >= 11 is 0. The average molecular weight is 286 g/mol. The predicted molar refractivity (Wildman–Crippen MR) is 91.9 cm³/mol. The summed E-state index contributed by atoms with van der Waals surface area (Å²) in [4.78, 5) is 12.6. The molecule has 2 aromatic carbocycles. The summed E-state index contributed by atoms with van der Waals surface area (Å²) in [7, 11) is 0. The molecule has 1 aliphatic carbocycles. The molecule has 0 radical (unpaired) electrons. The molecule has 0 amide bonds. The first-order valence-corrected chi connectivity index (χ1v) is 7.41. The van der Waals surface area contributed by atoms with Gasteiger partial charge in [-0.05, 0) is 29.7 Å². The van der Waals surface area contributed by atoms with Crippen LogP contribution in [-0.2, 0) is 0 Å². The number of fused-ring (bicyclic) bond motifs is 1. The zero-order chi connectivity index (χ0) is 15.5. The van der Waals surface area contributed by atoms with Crippen molar-refractivity contribution < 1.29 is 4.79 Å². The average Bonchev–Trinajstić information content (AvgIpc) is 2.53. The number of benzene rings is 2. The van der Waals surface area contributed by atoms with Crippen LogP contribution in [0.25, 0.3) is 6.08 Å². The fourth-order valence-electron chi connectivity index (χ4n) is 2.82. The van der Waals surface area contributed by atoms with Crippen molar-refractivity contribution in [2.45, 2.75) is 12.8 Å². The summed E-state index contributed by atoms with van der Waals surface area (Å²) in [6, 6.07) is 17.9. The number of rotatable bonds is 2. The molecule has 0 bridgehead atoms. The Hall–Kier alpha value is -2.67. The highest BCUT2D eigenvalue weighted by Crippen LogP contribution is 2.33. The minimum atomic E-state index is 0.0406. The number of allylic oxidation sites excluding steroid dienone is 4. The van der Waals surface area contributed by atoms with E-state index in [1.807, 2.05) is 55.5 Å². The molecule has 1 nitrogen and oxygen atoms in total. The third kappa shape index (κ3) is 2.71. The highest BCUT2D eigenvalue weighted by molar-refractivity contribution is 6.08. The van der Waals surface area contributed by atoms with E-state index < -0.39 is 0 Å². The van der Waals surface area contributed by atoms with Gasteiger partial charge in [0.05, 0.1) is 0 Å². The third-order valence-electron chi connectivity index (χ3n) is 3.97. The van der Waals surface area contributed by atoms with Gasteiger partial charge in [-0.2, -0.15) is 0 Å². The van der Waals surface area contributed by atoms with E-state index in [1.54, 1.807) is 6.08 Å². The Morgan fingerprint density at radius 3 is 2.41 bits per heavy atom. The zero-order valence-corrected chi connectivity index (χ0v) is 12.6. The van der Waals surface area contributed by atoms with Crippen molar-refractivity contribution >= 4 is 11.9 Å². The molecule has 1 unspecified atom stereocenters. The van der Waals surface area contributed by atoms with E-state index in [0.29, 0.717) is 0 Å². The van der Waals surface area contributed by atoms with Crippen LogP contribution < -0.4 is 0 Å². The third-order valence-corrected chi connectivity index (χ3v) is 3.97. The Kier molecular flexibility index (Phi) is 3.88. The van der Waals surface area contributed by atoms with E-state index in [4.69, 9.17) is 0 Å². The van der Waals surface area contributed by atoms with Gasteiger partial charge in [-0.25, -0.2) is 0 Å². The highest BCUT2D eigenvalue weighted by Gasteiger charge is 2.19. The summed E-state index contributed by atoms with van der Waals surface area (Å²) in [6.07, 6.45) is 5.93. The van der Waals surface area contributed by atoms with Crippen LogP contribution in [0.3, 0.4) is 0 Å². The molecule has 2 aromatic rings. The molecule has 0 aromatic heterocycles. The largest absolute Gasteiger partial charge is 0.289 e. The van der Waals surface area contributed by atoms with E-state index in [-0.39, 0.29) is 11.7 Å². The van der Waals surface area contributed by atoms with E-state index in [1.165, 1.54) is 5.56 Å². The van der Waals surface area contributed by atoms with Crippen molar-refractivity contribution in [3.63, 3.8) is 0 Å². The fraction of sp³-hybridized carbons (Fsp3) is 0.0952. The van der Waals surface area contributed by atoms with Crippen molar-refractivity contribution in [3.05, 3.63) is 101 Å². The molecule has 3 rings (SSSR count). The molecule has 0 heterocycles. The Morgan fingerprint density at radius 1 is 1.00 bits per heavy atom. The van der Waals surface area contributed by atoms with Crippen LogP contribution >= 0.6 is 0 Å². The van der Waals surface area contributed by atoms with E-state index in [9.17, 15) is 4.79 Å². The molecule has 22 heavy (non-hydrogen) atoms. The van der Waals surface area contributed by atoms with Gasteiger partial charge in [0.25, 0.3) is 0 Å². The number of carbonyl (C=O) groups is 1. The molecule has 0 fully saturated rings. The zero-order valence-electron chi connectivity index (χ0n) is 12.6. The van der Waals surface area contributed by atoms with E-state index in [2.05, 4.69) is 24.8 Å². The highest BCUT2D eigenvalue weighted by atomic mass is 16.1. The van der Waals surface area contributed by atoms with Gasteiger partial charge in [-0.1, -0.05) is 78.9 Å². The lowest BCUT2D eigenvalue weighted by Crippen LogP contribution is -2.08. The Morgan fingerprint density at radius 2 is 1.68 bits per heavy atom. The number of hydrogen-bond acceptors (Lipinski definition) is 1. The van der Waals surface area contributed by atoms with Gasteiger partial charge < -0.3 is 0 Å². The molecule has 1 aliphatic rings. The molecular weight excluding hydrogens is 268 g/mol. The Bertz CT molecular complexity index is 779. The lowest BCUT2D eigenvalue weighted by molar-refractivity contribution is 0.104. The van der Waals surface area contributed by atoms with Crippen molar-refractivity contribution in [2.75, 3.05) is 0 Å². The van der Waals surface area contributed by atoms with Gasteiger partial charge in [0, 0.05) is 11.5 Å². The number of hydrogen-bond donors (Lipinski definition) is 0. The summed E-state index contributed by atoms with van der Waals surface area (Å²) in [6.45, 7) is 6.02. The second-order valence-electron chi connectivity index (χ2n) is 5.58. The van der Waals surface area contributed by atoms with Gasteiger partial charge >= 0.3 is 0 Å². The van der Waals surface area contributed by atoms with Gasteiger partial charge in [-0.15, -0.1) is 0 Å². The van der Waals surface area contributed by atoms with Crippen LogP contribution in [0.15, 0.2) is 84.5 Å². The second-order valence-corrected chi connectivity index (χ2v) is 5.58. The summed E-state index contributed by atoms with van der Waals surface area (Å²) in [5.74, 6) is 0.0925. The van der Waals surface area contributed by atoms with Crippen molar-refractivity contribution in [1.82, 2.24) is 0 Å². The normalized spacial score (nSPS) is 21.0. The summed E-state index contributed by atoms with van der Waals surface area (Å²) in [5, 5.41) is 0. The smallest absolute Gasteiger partial charge is 0.186 e. The topological polar surface area (TPSA) is 17.1 Å². The molecule has 0 saturated heterocycles. The number of ketones is 1. The van der Waals surface area contributed by atoms with Crippen molar-refractivity contribution in [3.8, 4) is 0 Å². The lowest BCUT2D eigenvalue weighted by Gasteiger charge is -2.20. The maximum Gasteiger partial charge on any atom is 0.186 e. The monoisotopic (exact) mass is 286 g/mol. The van der Waals surface area contributed by atoms with Crippen LogP contribution in [0.5, 0.6) is 0 Å². The molecule has 0 N–H and O–H groups in total. The first kappa shape index (κ1) is 14.3. The molecular formula is C21H18O. The lowest BCUT2D eigenvalue weighted by atomic mass is 9.83. The fourth-order valence-corrected chi connectivity index (χ4v) is 2.82. The molecule has 0 spiro atoms. The first-order chi connectivity index (χ1) is 10.7. The van der Waals surface area contributed by atoms with Gasteiger partial charge in [0.2, 0.25) is 0 Å². The summed E-state index contributed by atoms with van der Waals surface area (Å²) < 4.78 is 0. The summed E-state index contributed by atoms with van der Waals surface area (Å²) in [5.41, 5.74) is 4.77. The molecule has 0 saturated carbocycles. The van der Waals surface area contributed by atoms with Crippen molar-refractivity contribution in [2.24, 2.45) is 0 Å². The van der Waals surface area contributed by atoms with Crippen LogP contribution in [0.2, 0.25) is 0 Å². The van der Waals surface area contributed by atoms with Crippen molar-refractivity contribution in [1.29, 1.82) is 0 Å². The quantitative estimate of drug-likeness (QED) is 0.743. The van der Waals surface area contributed by atoms with Crippen LogP contribution in [0, 0.1) is 0 Å². The molecule has 1 heteroatoms. The minimum absolute atomic E-state index is 0.0406. The molecule has 0 aliphatic heterocycles. The Balaban J connectivity index is 2.18. The first-order valence-electron chi connectivity index (χ1n) is 7.41. The van der Waals surface area contributed by atoms with Crippen LogP contribution in [-0.4, -0.2) is 5.78 Å². The van der Waals surface area contributed by atoms with Gasteiger partial charge in [0.1, 0.15) is 0 Å². The standard InChI is InChI=1S/C21H18O/c1-15(2)20-14-21(22)19-11-7-6-10-17(19)12-13-18(20)16-8-4-3-5-9-16/h3-14,18H,1H2,2H3/b13-12-,20-14-. The van der Waals surface area contributed by atoms with Crippen LogP contribution in [0.4, 0.5) is 0 Å². The molecule has 1 atom stereocenters. The predicted octanol–water partition coefficient (Wildman–Crippen LogP) is 5.18. The second kappa shape index (κ2) is 5.98. The van der Waals surface area contributed by atoms with Gasteiger partial charge in [-0.3, -0.25) is 4.79 Å². The Labute approximate surface area is 131 Å².